The summed E-state index contributed by atoms with van der Waals surface area (Å²) < 4.78 is 9.04. The van der Waals surface area contributed by atoms with E-state index < -0.39 is 17.9 Å². The highest BCUT2D eigenvalue weighted by atomic mass is 16.6. The molecule has 0 amide bonds. The first-order valence-corrected chi connectivity index (χ1v) is 5.02. The van der Waals surface area contributed by atoms with E-state index in [4.69, 9.17) is 0 Å². The molecule has 0 bridgehead atoms. The van der Waals surface area contributed by atoms with Gasteiger partial charge in [0.1, 0.15) is 0 Å². The third kappa shape index (κ3) is 3.41. The summed E-state index contributed by atoms with van der Waals surface area (Å²) in [7, 11) is 1.24. The molecule has 5 heteroatoms. The average Bonchev–Trinajstić information content (AvgIpc) is 2.37. The highest BCUT2D eigenvalue weighted by Gasteiger charge is 2.14. The lowest BCUT2D eigenvalue weighted by molar-refractivity contribution is -0.137. The van der Waals surface area contributed by atoms with Crippen molar-refractivity contribution in [3.05, 3.63) is 35.4 Å². The molecule has 0 heterocycles. The third-order valence-corrected chi connectivity index (χ3v) is 2.01. The van der Waals surface area contributed by atoms with Gasteiger partial charge in [-0.2, -0.15) is 0 Å². The van der Waals surface area contributed by atoms with Gasteiger partial charge in [0.15, 0.2) is 0 Å². The fraction of sp³-hybridized carbons (Fsp3) is 0.250. The van der Waals surface area contributed by atoms with E-state index in [1.165, 1.54) is 31.4 Å². The summed E-state index contributed by atoms with van der Waals surface area (Å²) in [5.41, 5.74) is 0.362. The normalized spacial score (nSPS) is 9.53. The Balaban J connectivity index is 2.88. The van der Waals surface area contributed by atoms with Crippen molar-refractivity contribution in [3.8, 4) is 0 Å². The Hall–Kier alpha value is -2.17. The second-order valence-electron chi connectivity index (χ2n) is 3.19. The number of esters is 3. The molecule has 0 aliphatic carbocycles. The van der Waals surface area contributed by atoms with Crippen LogP contribution in [-0.4, -0.2) is 25.0 Å². The molecule has 0 spiro atoms. The Morgan fingerprint density at radius 2 is 1.71 bits per heavy atom. The third-order valence-electron chi connectivity index (χ3n) is 2.01. The summed E-state index contributed by atoms with van der Waals surface area (Å²) in [6.45, 7) is 1.58. The summed E-state index contributed by atoms with van der Waals surface area (Å²) in [5, 5.41) is 0. The summed E-state index contributed by atoms with van der Waals surface area (Å²) in [6, 6.07) is 5.79. The standard InChI is InChI=1S/C12H12O5/c1-3-10(13)17-12(15)9-6-4-5-8(7-9)11(14)16-2/h4-7H,3H2,1-2H3. The average molecular weight is 236 g/mol. The van der Waals surface area contributed by atoms with Crippen molar-refractivity contribution in [3.63, 3.8) is 0 Å². The van der Waals surface area contributed by atoms with Crippen LogP contribution in [0.2, 0.25) is 0 Å². The zero-order chi connectivity index (χ0) is 12.8. The van der Waals surface area contributed by atoms with E-state index in [9.17, 15) is 14.4 Å². The maximum Gasteiger partial charge on any atom is 0.345 e. The maximum atomic E-state index is 11.5. The van der Waals surface area contributed by atoms with Crippen molar-refractivity contribution in [2.75, 3.05) is 7.11 Å². The van der Waals surface area contributed by atoms with Gasteiger partial charge in [0.25, 0.3) is 0 Å². The van der Waals surface area contributed by atoms with Crippen LogP contribution in [0.5, 0.6) is 0 Å². The van der Waals surface area contributed by atoms with Crippen LogP contribution in [0.4, 0.5) is 0 Å². The van der Waals surface area contributed by atoms with Crippen LogP contribution in [-0.2, 0) is 14.3 Å². The number of rotatable bonds is 3. The smallest absolute Gasteiger partial charge is 0.345 e. The van der Waals surface area contributed by atoms with Crippen LogP contribution < -0.4 is 0 Å². The van der Waals surface area contributed by atoms with Gasteiger partial charge in [-0.05, 0) is 18.2 Å². The first-order chi connectivity index (χ1) is 8.08. The lowest BCUT2D eigenvalue weighted by atomic mass is 10.1. The largest absolute Gasteiger partial charge is 0.465 e. The minimum atomic E-state index is -0.775. The molecule has 5 nitrogen and oxygen atoms in total. The van der Waals surface area contributed by atoms with E-state index in [0.717, 1.165) is 0 Å². The van der Waals surface area contributed by atoms with Crippen LogP contribution in [0.15, 0.2) is 24.3 Å². The van der Waals surface area contributed by atoms with E-state index in [1.54, 1.807) is 6.92 Å². The van der Waals surface area contributed by atoms with Crippen LogP contribution in [0, 0.1) is 0 Å². The van der Waals surface area contributed by atoms with Crippen LogP contribution in [0.3, 0.4) is 0 Å². The highest BCUT2D eigenvalue weighted by Crippen LogP contribution is 2.08. The van der Waals surface area contributed by atoms with E-state index in [0.29, 0.717) is 0 Å². The van der Waals surface area contributed by atoms with Crippen molar-refractivity contribution in [1.29, 1.82) is 0 Å². The summed E-state index contributed by atoms with van der Waals surface area (Å²) in [5.74, 6) is -1.94. The maximum absolute atomic E-state index is 11.5. The molecule has 0 aliphatic rings. The molecule has 0 radical (unpaired) electrons. The van der Waals surface area contributed by atoms with Crippen molar-refractivity contribution in [2.24, 2.45) is 0 Å². The van der Waals surface area contributed by atoms with Gasteiger partial charge in [-0.25, -0.2) is 9.59 Å². The van der Waals surface area contributed by atoms with Gasteiger partial charge >= 0.3 is 17.9 Å². The molecule has 0 N–H and O–H groups in total. The van der Waals surface area contributed by atoms with Gasteiger partial charge in [-0.15, -0.1) is 0 Å². The molecule has 1 aromatic rings. The number of hydrogen-bond donors (Lipinski definition) is 0. The first-order valence-electron chi connectivity index (χ1n) is 5.02. The summed E-state index contributed by atoms with van der Waals surface area (Å²) >= 11 is 0. The fourth-order valence-corrected chi connectivity index (χ4v) is 1.13. The Kier molecular flexibility index (Phi) is 4.39. The second kappa shape index (κ2) is 5.79. The van der Waals surface area contributed by atoms with E-state index in [2.05, 4.69) is 9.47 Å². The summed E-state index contributed by atoms with van der Waals surface area (Å²) in [4.78, 5) is 33.6. The molecular formula is C12H12O5. The SMILES string of the molecule is CCC(=O)OC(=O)c1cccc(C(=O)OC)c1. The Morgan fingerprint density at radius 3 is 2.24 bits per heavy atom. The number of hydrogen-bond acceptors (Lipinski definition) is 5. The predicted molar refractivity (Wildman–Crippen MR) is 58.5 cm³/mol. The van der Waals surface area contributed by atoms with E-state index >= 15 is 0 Å². The molecule has 90 valence electrons. The van der Waals surface area contributed by atoms with Crippen LogP contribution >= 0.6 is 0 Å². The molecule has 0 aromatic heterocycles. The van der Waals surface area contributed by atoms with E-state index in [1.807, 2.05) is 0 Å². The lowest BCUT2D eigenvalue weighted by Crippen LogP contribution is -2.12. The number of carbonyl (C=O) groups is 3. The number of benzene rings is 1. The minimum absolute atomic E-state index is 0.114. The monoisotopic (exact) mass is 236 g/mol. The lowest BCUT2D eigenvalue weighted by Gasteiger charge is -2.03. The topological polar surface area (TPSA) is 69.7 Å². The quantitative estimate of drug-likeness (QED) is 0.588. The van der Waals surface area contributed by atoms with Gasteiger partial charge in [0.2, 0.25) is 0 Å². The second-order valence-corrected chi connectivity index (χ2v) is 3.19. The van der Waals surface area contributed by atoms with Gasteiger partial charge in [-0.1, -0.05) is 13.0 Å². The Morgan fingerprint density at radius 1 is 1.12 bits per heavy atom. The Labute approximate surface area is 98.3 Å². The minimum Gasteiger partial charge on any atom is -0.465 e. The summed E-state index contributed by atoms with van der Waals surface area (Å²) in [6.07, 6.45) is 0.114. The molecule has 0 aliphatic heterocycles. The molecule has 0 saturated carbocycles. The van der Waals surface area contributed by atoms with Gasteiger partial charge in [0.05, 0.1) is 18.2 Å². The van der Waals surface area contributed by atoms with Gasteiger partial charge in [0, 0.05) is 6.42 Å². The van der Waals surface area contributed by atoms with Crippen molar-refractivity contribution in [2.45, 2.75) is 13.3 Å². The molecule has 0 unspecified atom stereocenters. The molecule has 0 atom stereocenters. The van der Waals surface area contributed by atoms with Gasteiger partial charge in [-0.3, -0.25) is 4.79 Å². The van der Waals surface area contributed by atoms with Crippen molar-refractivity contribution >= 4 is 17.9 Å². The number of ether oxygens (including phenoxy) is 2. The molecule has 17 heavy (non-hydrogen) atoms. The molecule has 1 rings (SSSR count). The zero-order valence-electron chi connectivity index (χ0n) is 9.56. The molecule has 0 fully saturated rings. The van der Waals surface area contributed by atoms with Crippen molar-refractivity contribution in [1.82, 2.24) is 0 Å². The van der Waals surface area contributed by atoms with Gasteiger partial charge < -0.3 is 9.47 Å². The zero-order valence-corrected chi connectivity index (χ0v) is 9.56. The predicted octanol–water partition coefficient (Wildman–Crippen LogP) is 1.57. The van der Waals surface area contributed by atoms with Crippen molar-refractivity contribution < 1.29 is 23.9 Å². The number of methoxy groups -OCH3 is 1. The molecule has 1 aromatic carbocycles. The number of carbonyl (C=O) groups excluding carboxylic acids is 3. The van der Waals surface area contributed by atoms with Crippen LogP contribution in [0.25, 0.3) is 0 Å². The Bertz CT molecular complexity index is 450. The fourth-order valence-electron chi connectivity index (χ4n) is 1.13. The first kappa shape index (κ1) is 12.9. The highest BCUT2D eigenvalue weighted by molar-refractivity contribution is 5.99. The molecular weight excluding hydrogens is 224 g/mol. The van der Waals surface area contributed by atoms with Crippen LogP contribution in [0.1, 0.15) is 34.1 Å². The van der Waals surface area contributed by atoms with E-state index in [-0.39, 0.29) is 17.5 Å². The molecule has 0 saturated heterocycles.